The number of hydrogen-bond acceptors (Lipinski definition) is 3. The van der Waals surface area contributed by atoms with Gasteiger partial charge >= 0.3 is 33.3 Å². The Labute approximate surface area is 263 Å². The van der Waals surface area contributed by atoms with Gasteiger partial charge < -0.3 is 0 Å². The van der Waals surface area contributed by atoms with Crippen LogP contribution in [0.25, 0.3) is 0 Å². The molecule has 5 rings (SSSR count). The molecule has 0 unspecified atom stereocenters. The van der Waals surface area contributed by atoms with Gasteiger partial charge in [-0.1, -0.05) is 96.0 Å². The van der Waals surface area contributed by atoms with Gasteiger partial charge in [0.15, 0.2) is 0 Å². The van der Waals surface area contributed by atoms with Crippen molar-refractivity contribution < 1.29 is 47.3 Å². The van der Waals surface area contributed by atoms with Crippen molar-refractivity contribution in [3.63, 3.8) is 0 Å². The largest absolute Gasteiger partial charge is 0 e. The topological polar surface area (TPSA) is 37.6 Å². The summed E-state index contributed by atoms with van der Waals surface area (Å²) in [6.45, 7) is 4.18. The third-order valence-corrected chi connectivity index (χ3v) is 7.39. The second kappa shape index (κ2) is 24.4. The van der Waals surface area contributed by atoms with Gasteiger partial charge in [0.25, 0.3) is 0 Å². The number of aliphatic imine (C=N–C) groups is 2. The molecule has 4 saturated carbocycles. The maximum atomic E-state index is 4.86. The van der Waals surface area contributed by atoms with E-state index in [1.165, 1.54) is 116 Å². The zero-order valence-electron chi connectivity index (χ0n) is 22.8. The first-order chi connectivity index (χ1) is 17.1. The zero-order chi connectivity index (χ0) is 25.1. The van der Waals surface area contributed by atoms with Crippen molar-refractivity contribution in [2.24, 2.45) is 9.98 Å². The first-order valence-electron chi connectivity index (χ1n) is 14.1. The van der Waals surface area contributed by atoms with Gasteiger partial charge in [-0.3, -0.25) is 9.98 Å². The molecule has 0 aliphatic heterocycles. The van der Waals surface area contributed by atoms with Crippen LogP contribution >= 0.6 is 20.2 Å². The van der Waals surface area contributed by atoms with E-state index in [1.807, 2.05) is 0 Å². The molecule has 1 aromatic heterocycles. The van der Waals surface area contributed by atoms with Crippen molar-refractivity contribution in [3.8, 4) is 0 Å². The summed E-state index contributed by atoms with van der Waals surface area (Å²) in [5, 5.41) is 0. The second-order valence-electron chi connectivity index (χ2n) is 10.3. The molecule has 8 heteroatoms. The summed E-state index contributed by atoms with van der Waals surface area (Å²) in [6, 6.07) is 7.25. The number of rotatable bonds is 4. The van der Waals surface area contributed by atoms with Crippen LogP contribution in [0, 0.1) is 0 Å². The monoisotopic (exact) mass is 675 g/mol. The molecule has 0 N–H and O–H groups in total. The number of pyridine rings is 1. The Morgan fingerprint density at radius 3 is 1.16 bits per heavy atom. The first kappa shape index (κ1) is 37.6. The molecule has 1 heterocycles. The van der Waals surface area contributed by atoms with E-state index in [9.17, 15) is 0 Å². The third-order valence-electron chi connectivity index (χ3n) is 7.39. The van der Waals surface area contributed by atoms with Gasteiger partial charge in [0.05, 0.1) is 34.9 Å². The van der Waals surface area contributed by atoms with E-state index in [0.717, 1.165) is 22.8 Å². The van der Waals surface area contributed by atoms with E-state index in [4.69, 9.17) is 35.2 Å². The SMILES string of the molecule is C1CCCC1.C1CCCC1.CC(=NC1CCCC1)c1cccc(C(C)=NC2CCCC2)n1.[Cl][Fe][Cl].[Fe].[Fe]. The Kier molecular flexibility index (Phi) is 24.8. The minimum absolute atomic E-state index is 0. The Morgan fingerprint density at radius 2 is 0.892 bits per heavy atom. The van der Waals surface area contributed by atoms with Crippen LogP contribution in [0.1, 0.15) is 141 Å². The maximum absolute atomic E-state index is 4.86. The average molecular weight is 676 g/mol. The van der Waals surface area contributed by atoms with Crippen LogP contribution in [-0.2, 0) is 47.3 Å². The predicted octanol–water partition coefficient (Wildman–Crippen LogP) is 9.86. The average Bonchev–Trinajstić information content (AvgIpc) is 3.69. The fraction of sp³-hybridized carbons (Fsp3) is 0.759. The van der Waals surface area contributed by atoms with Crippen molar-refractivity contribution in [2.45, 2.75) is 142 Å². The van der Waals surface area contributed by atoms with Gasteiger partial charge in [-0.25, -0.2) is 4.98 Å². The molecular weight excluding hydrogens is 629 g/mol. The molecule has 1 aromatic rings. The summed E-state index contributed by atoms with van der Waals surface area (Å²) in [4.78, 5) is 14.5. The van der Waals surface area contributed by atoms with Crippen LogP contribution in [0.5, 0.6) is 0 Å². The normalized spacial score (nSPS) is 20.0. The molecule has 0 atom stereocenters. The van der Waals surface area contributed by atoms with Gasteiger partial charge in [0, 0.05) is 34.1 Å². The minimum Gasteiger partial charge on any atom is 0 e. The molecule has 0 bridgehead atoms. The number of aromatic nitrogens is 1. The molecule has 216 valence electrons. The van der Waals surface area contributed by atoms with E-state index in [1.54, 1.807) is 0 Å². The zero-order valence-corrected chi connectivity index (χ0v) is 27.6. The molecule has 3 nitrogen and oxygen atoms in total. The molecule has 37 heavy (non-hydrogen) atoms. The van der Waals surface area contributed by atoms with Crippen LogP contribution in [0.3, 0.4) is 0 Å². The van der Waals surface area contributed by atoms with Crippen LogP contribution < -0.4 is 0 Å². The van der Waals surface area contributed by atoms with Crippen molar-refractivity contribution >= 4 is 31.6 Å². The number of nitrogens with zero attached hydrogens (tertiary/aromatic N) is 3. The summed E-state index contributed by atoms with van der Waals surface area (Å²) in [6.07, 6.45) is 25.2. The van der Waals surface area contributed by atoms with Crippen molar-refractivity contribution in [2.75, 3.05) is 0 Å². The number of hydrogen-bond donors (Lipinski definition) is 0. The van der Waals surface area contributed by atoms with E-state index in [2.05, 4.69) is 32.0 Å². The van der Waals surface area contributed by atoms with Crippen LogP contribution in [0.2, 0.25) is 0 Å². The van der Waals surface area contributed by atoms with Crippen LogP contribution in [0.4, 0.5) is 0 Å². The predicted molar refractivity (Wildman–Crippen MR) is 151 cm³/mol. The quantitative estimate of drug-likeness (QED) is 0.231. The summed E-state index contributed by atoms with van der Waals surface area (Å²) in [5.74, 6) is 0. The Morgan fingerprint density at radius 1 is 0.622 bits per heavy atom. The van der Waals surface area contributed by atoms with Gasteiger partial charge in [0.2, 0.25) is 0 Å². The van der Waals surface area contributed by atoms with Gasteiger partial charge in [-0.2, -0.15) is 0 Å². The van der Waals surface area contributed by atoms with Crippen LogP contribution in [-0.4, -0.2) is 28.5 Å². The molecule has 4 aliphatic carbocycles. The smallest absolute Gasteiger partial charge is 0 e. The van der Waals surface area contributed by atoms with Crippen molar-refractivity contribution in [1.29, 1.82) is 0 Å². The standard InChI is InChI=1S/C19H27N3.2C5H10.2ClH.3Fe/c1-14(20-16-8-3-4-9-16)18-12-7-13-19(22-18)15(2)21-17-10-5-6-11-17;2*1-2-4-5-3-1;;;;;/h7,12-13,16-17H,3-6,8-11H2,1-2H3;2*1-5H2;2*1H;;;/q;;;;;;;+2/p-2. The van der Waals surface area contributed by atoms with E-state index < -0.39 is 0 Å². The van der Waals surface area contributed by atoms with Crippen molar-refractivity contribution in [1.82, 2.24) is 4.98 Å². The molecule has 4 fully saturated rings. The number of halogens is 2. The van der Waals surface area contributed by atoms with Crippen molar-refractivity contribution in [3.05, 3.63) is 29.6 Å². The van der Waals surface area contributed by atoms with E-state index in [-0.39, 0.29) is 47.3 Å². The molecule has 0 amide bonds. The fourth-order valence-corrected chi connectivity index (χ4v) is 5.35. The fourth-order valence-electron chi connectivity index (χ4n) is 5.35. The maximum Gasteiger partial charge on any atom is 0 e. The molecule has 0 saturated heterocycles. The molecule has 0 aromatic carbocycles. The van der Waals surface area contributed by atoms with E-state index >= 15 is 0 Å². The first-order valence-corrected chi connectivity index (χ1v) is 17.1. The summed E-state index contributed by atoms with van der Waals surface area (Å²) in [5.41, 5.74) is 4.15. The Balaban J connectivity index is 0.000000710. The van der Waals surface area contributed by atoms with Gasteiger partial charge in [0.1, 0.15) is 0 Å². The summed E-state index contributed by atoms with van der Waals surface area (Å²) in [7, 11) is 9.53. The third kappa shape index (κ3) is 17.1. The Bertz CT molecular complexity index is 669. The molecule has 0 radical (unpaired) electrons. The van der Waals surface area contributed by atoms with E-state index in [0.29, 0.717) is 12.1 Å². The summed E-state index contributed by atoms with van der Waals surface area (Å²) >= 11 is 0.194. The van der Waals surface area contributed by atoms with Crippen LogP contribution in [0.15, 0.2) is 28.2 Å². The van der Waals surface area contributed by atoms with Gasteiger partial charge in [-0.05, 0) is 51.7 Å². The minimum atomic E-state index is 0. The molecular formula is C29H47Cl2Fe3N3. The second-order valence-corrected chi connectivity index (χ2v) is 12.1. The summed E-state index contributed by atoms with van der Waals surface area (Å²) < 4.78 is 0. The molecule has 0 spiro atoms. The van der Waals surface area contributed by atoms with Gasteiger partial charge in [-0.15, -0.1) is 0 Å². The molecule has 4 aliphatic rings. The Hall–Kier alpha value is 0.628.